The van der Waals surface area contributed by atoms with E-state index < -0.39 is 5.97 Å². The number of hydrogen-bond acceptors (Lipinski definition) is 2. The summed E-state index contributed by atoms with van der Waals surface area (Å²) >= 11 is 0. The fraction of sp³-hybridized carbons (Fsp3) is 0.562. The first kappa shape index (κ1) is 14.1. The van der Waals surface area contributed by atoms with Crippen molar-refractivity contribution in [3.63, 3.8) is 0 Å². The SMILES string of the molecule is CCc1ccc(C(C)N2CCCC(C(=O)O)C2)cc1. The smallest absolute Gasteiger partial charge is 0.307 e. The molecule has 1 aromatic carbocycles. The number of aliphatic carboxylic acids is 1. The van der Waals surface area contributed by atoms with Gasteiger partial charge in [-0.2, -0.15) is 0 Å². The van der Waals surface area contributed by atoms with E-state index in [9.17, 15) is 4.79 Å². The van der Waals surface area contributed by atoms with Gasteiger partial charge < -0.3 is 5.11 Å². The van der Waals surface area contributed by atoms with E-state index in [0.29, 0.717) is 12.6 Å². The molecule has 0 bridgehead atoms. The van der Waals surface area contributed by atoms with Crippen molar-refractivity contribution < 1.29 is 9.90 Å². The van der Waals surface area contributed by atoms with Crippen molar-refractivity contribution in [3.8, 4) is 0 Å². The van der Waals surface area contributed by atoms with Crippen molar-refractivity contribution in [1.82, 2.24) is 4.90 Å². The van der Waals surface area contributed by atoms with Gasteiger partial charge in [0, 0.05) is 12.6 Å². The van der Waals surface area contributed by atoms with E-state index in [2.05, 4.69) is 43.0 Å². The number of carboxylic acids is 1. The molecule has 1 heterocycles. The van der Waals surface area contributed by atoms with Crippen molar-refractivity contribution in [2.24, 2.45) is 5.92 Å². The summed E-state index contributed by atoms with van der Waals surface area (Å²) in [4.78, 5) is 13.4. The summed E-state index contributed by atoms with van der Waals surface area (Å²) < 4.78 is 0. The number of carbonyl (C=O) groups is 1. The van der Waals surface area contributed by atoms with Crippen LogP contribution in [0.4, 0.5) is 0 Å². The summed E-state index contributed by atoms with van der Waals surface area (Å²) in [5, 5.41) is 9.15. The lowest BCUT2D eigenvalue weighted by molar-refractivity contribution is -0.143. The van der Waals surface area contributed by atoms with E-state index in [1.54, 1.807) is 0 Å². The highest BCUT2D eigenvalue weighted by atomic mass is 16.4. The molecule has 1 aliphatic rings. The summed E-state index contributed by atoms with van der Waals surface area (Å²) in [6.07, 6.45) is 2.85. The van der Waals surface area contributed by atoms with Gasteiger partial charge in [0.25, 0.3) is 0 Å². The molecule has 19 heavy (non-hydrogen) atoms. The van der Waals surface area contributed by atoms with E-state index in [-0.39, 0.29) is 5.92 Å². The third-order valence-electron chi connectivity index (χ3n) is 4.22. The molecule has 0 aliphatic carbocycles. The molecule has 0 radical (unpaired) electrons. The molecule has 3 nitrogen and oxygen atoms in total. The number of rotatable bonds is 4. The molecule has 1 aliphatic heterocycles. The van der Waals surface area contributed by atoms with Crippen LogP contribution in [0, 0.1) is 5.92 Å². The fourth-order valence-electron chi connectivity index (χ4n) is 2.80. The Kier molecular flexibility index (Phi) is 4.59. The summed E-state index contributed by atoms with van der Waals surface area (Å²) in [7, 11) is 0. The van der Waals surface area contributed by atoms with Gasteiger partial charge in [0.2, 0.25) is 0 Å². The highest BCUT2D eigenvalue weighted by Crippen LogP contribution is 2.26. The largest absolute Gasteiger partial charge is 0.481 e. The Labute approximate surface area is 115 Å². The third kappa shape index (κ3) is 3.35. The Balaban J connectivity index is 2.05. The topological polar surface area (TPSA) is 40.5 Å². The predicted molar refractivity (Wildman–Crippen MR) is 76.2 cm³/mol. The number of piperidine rings is 1. The normalized spacial score (nSPS) is 22.1. The van der Waals surface area contributed by atoms with Crippen LogP contribution >= 0.6 is 0 Å². The van der Waals surface area contributed by atoms with Crippen LogP contribution in [0.5, 0.6) is 0 Å². The van der Waals surface area contributed by atoms with E-state index in [0.717, 1.165) is 25.8 Å². The van der Waals surface area contributed by atoms with Crippen LogP contribution in [-0.4, -0.2) is 29.1 Å². The molecule has 0 spiro atoms. The maximum atomic E-state index is 11.1. The van der Waals surface area contributed by atoms with Gasteiger partial charge in [-0.15, -0.1) is 0 Å². The molecule has 0 amide bonds. The second kappa shape index (κ2) is 6.20. The lowest BCUT2D eigenvalue weighted by Gasteiger charge is -2.35. The van der Waals surface area contributed by atoms with E-state index >= 15 is 0 Å². The number of nitrogens with zero attached hydrogens (tertiary/aromatic N) is 1. The molecule has 1 N–H and O–H groups in total. The van der Waals surface area contributed by atoms with E-state index in [1.165, 1.54) is 11.1 Å². The lowest BCUT2D eigenvalue weighted by atomic mass is 9.95. The van der Waals surface area contributed by atoms with Gasteiger partial charge in [-0.3, -0.25) is 9.69 Å². The summed E-state index contributed by atoms with van der Waals surface area (Å²) in [5.41, 5.74) is 2.63. The first-order valence-electron chi connectivity index (χ1n) is 7.17. The number of likely N-dealkylation sites (tertiary alicyclic amines) is 1. The Morgan fingerprint density at radius 2 is 2.11 bits per heavy atom. The van der Waals surface area contributed by atoms with Gasteiger partial charge in [-0.05, 0) is 43.9 Å². The van der Waals surface area contributed by atoms with E-state index in [4.69, 9.17) is 5.11 Å². The lowest BCUT2D eigenvalue weighted by Crippen LogP contribution is -2.40. The molecule has 1 aromatic rings. The summed E-state index contributed by atoms with van der Waals surface area (Å²) in [6.45, 7) is 6.00. The second-order valence-electron chi connectivity index (χ2n) is 5.44. The van der Waals surface area contributed by atoms with Gasteiger partial charge in [0.05, 0.1) is 5.92 Å². The van der Waals surface area contributed by atoms with Crippen LogP contribution in [-0.2, 0) is 11.2 Å². The van der Waals surface area contributed by atoms with E-state index in [1.807, 2.05) is 0 Å². The maximum absolute atomic E-state index is 11.1. The van der Waals surface area contributed by atoms with Crippen molar-refractivity contribution >= 4 is 5.97 Å². The van der Waals surface area contributed by atoms with Gasteiger partial charge in [-0.25, -0.2) is 0 Å². The van der Waals surface area contributed by atoms with Crippen molar-refractivity contribution in [3.05, 3.63) is 35.4 Å². The van der Waals surface area contributed by atoms with Crippen molar-refractivity contribution in [2.75, 3.05) is 13.1 Å². The van der Waals surface area contributed by atoms with Gasteiger partial charge in [0.15, 0.2) is 0 Å². The minimum absolute atomic E-state index is 0.203. The maximum Gasteiger partial charge on any atom is 0.307 e. The zero-order valence-corrected chi connectivity index (χ0v) is 11.8. The van der Waals surface area contributed by atoms with Crippen LogP contribution in [0.15, 0.2) is 24.3 Å². The van der Waals surface area contributed by atoms with Crippen LogP contribution in [0.3, 0.4) is 0 Å². The number of hydrogen-bond donors (Lipinski definition) is 1. The van der Waals surface area contributed by atoms with Gasteiger partial charge in [-0.1, -0.05) is 31.2 Å². The Morgan fingerprint density at radius 3 is 2.68 bits per heavy atom. The highest BCUT2D eigenvalue weighted by Gasteiger charge is 2.28. The van der Waals surface area contributed by atoms with Crippen LogP contribution in [0.1, 0.15) is 43.9 Å². The molecule has 104 valence electrons. The van der Waals surface area contributed by atoms with Crippen LogP contribution in [0.25, 0.3) is 0 Å². The van der Waals surface area contributed by atoms with Crippen LogP contribution < -0.4 is 0 Å². The zero-order chi connectivity index (χ0) is 13.8. The molecule has 2 rings (SSSR count). The number of carboxylic acid groups (broad SMARTS) is 1. The first-order valence-corrected chi connectivity index (χ1v) is 7.17. The summed E-state index contributed by atoms with van der Waals surface area (Å²) in [6, 6.07) is 8.99. The quantitative estimate of drug-likeness (QED) is 0.905. The van der Waals surface area contributed by atoms with Crippen molar-refractivity contribution in [2.45, 2.75) is 39.2 Å². The minimum atomic E-state index is -0.654. The number of benzene rings is 1. The summed E-state index contributed by atoms with van der Waals surface area (Å²) in [5.74, 6) is -0.857. The fourth-order valence-corrected chi connectivity index (χ4v) is 2.80. The Hall–Kier alpha value is -1.35. The molecular weight excluding hydrogens is 238 g/mol. The minimum Gasteiger partial charge on any atom is -0.481 e. The Morgan fingerprint density at radius 1 is 1.42 bits per heavy atom. The average Bonchev–Trinajstić information content (AvgIpc) is 2.46. The van der Waals surface area contributed by atoms with Gasteiger partial charge in [0.1, 0.15) is 0 Å². The number of aryl methyl sites for hydroxylation is 1. The molecule has 2 atom stereocenters. The predicted octanol–water partition coefficient (Wildman–Crippen LogP) is 3.11. The second-order valence-corrected chi connectivity index (χ2v) is 5.44. The van der Waals surface area contributed by atoms with Crippen LogP contribution in [0.2, 0.25) is 0 Å². The average molecular weight is 261 g/mol. The zero-order valence-electron chi connectivity index (χ0n) is 11.8. The molecular formula is C16H23NO2. The molecule has 0 aromatic heterocycles. The molecule has 2 unspecified atom stereocenters. The monoisotopic (exact) mass is 261 g/mol. The standard InChI is InChI=1S/C16H23NO2/c1-3-13-6-8-14(9-7-13)12(2)17-10-4-5-15(11-17)16(18)19/h6-9,12,15H,3-5,10-11H2,1-2H3,(H,18,19). The highest BCUT2D eigenvalue weighted by molar-refractivity contribution is 5.70. The molecule has 0 saturated carbocycles. The van der Waals surface area contributed by atoms with Crippen molar-refractivity contribution in [1.29, 1.82) is 0 Å². The Bertz CT molecular complexity index is 427. The molecule has 1 fully saturated rings. The first-order chi connectivity index (χ1) is 9.11. The van der Waals surface area contributed by atoms with Gasteiger partial charge >= 0.3 is 5.97 Å². The molecule has 1 saturated heterocycles. The molecule has 3 heteroatoms. The third-order valence-corrected chi connectivity index (χ3v) is 4.22.